The van der Waals surface area contributed by atoms with Crippen LogP contribution >= 0.6 is 0 Å². The van der Waals surface area contributed by atoms with Crippen molar-refractivity contribution in [2.75, 3.05) is 0 Å². The predicted molar refractivity (Wildman–Crippen MR) is 258 cm³/mol. The summed E-state index contributed by atoms with van der Waals surface area (Å²) < 4.78 is 31.8. The third-order valence-corrected chi connectivity index (χ3v) is 29.8. The van der Waals surface area contributed by atoms with Crippen LogP contribution in [-0.4, -0.2) is 54.5 Å². The van der Waals surface area contributed by atoms with E-state index in [0.717, 1.165) is 53.1 Å². The van der Waals surface area contributed by atoms with Crippen LogP contribution in [0.15, 0.2) is 47.0 Å². The summed E-state index contributed by atoms with van der Waals surface area (Å²) in [6.07, 6.45) is 8.37. The predicted octanol–water partition coefficient (Wildman–Crippen LogP) is 14.5. The largest absolute Gasteiger partial charge is 0.541 e. The molecule has 0 radical (unpaired) electrons. The van der Waals surface area contributed by atoms with Gasteiger partial charge in [0.2, 0.25) is 0 Å². The number of carboxylic acid groups (broad SMARTS) is 1. The minimum absolute atomic E-state index is 0.0498. The van der Waals surface area contributed by atoms with Crippen LogP contribution in [-0.2, 0) is 11.2 Å². The van der Waals surface area contributed by atoms with Crippen LogP contribution in [0, 0.1) is 0 Å². The molecule has 330 valence electrons. The van der Waals surface area contributed by atoms with Crippen molar-refractivity contribution < 1.29 is 32.1 Å². The SMILES string of the molecule is CC(C)(C)[Si](C)(C)Oc1ccc(C=CC(=O)O)cc1O[Si](C)(C)C(C)(C)C.CCCc1noc(C=Cc2ccc(O[Si](C)(C)C(C)(C)C)c(O[Si](C)(C)C(C)(C)C)c2)n1. The number of aromatic nitrogens is 2. The molecule has 9 nitrogen and oxygen atoms in total. The Morgan fingerprint density at radius 1 is 0.593 bits per heavy atom. The first kappa shape index (κ1) is 51.7. The molecule has 0 atom stereocenters. The normalized spacial score (nSPS) is 13.6. The van der Waals surface area contributed by atoms with Gasteiger partial charge in [-0.1, -0.05) is 107 Å². The average molecular weight is 883 g/mol. The quantitative estimate of drug-likeness (QED) is 0.125. The van der Waals surface area contributed by atoms with Gasteiger partial charge in [0.25, 0.3) is 39.2 Å². The maximum Gasteiger partial charge on any atom is 0.328 e. The van der Waals surface area contributed by atoms with Gasteiger partial charge in [-0.2, -0.15) is 4.98 Å². The lowest BCUT2D eigenvalue weighted by Crippen LogP contribution is -2.45. The third kappa shape index (κ3) is 14.9. The first-order valence-electron chi connectivity index (χ1n) is 21.0. The molecule has 0 unspecified atom stereocenters. The molecular formula is C46H78N2O7Si4. The van der Waals surface area contributed by atoms with Crippen LogP contribution < -0.4 is 17.7 Å². The van der Waals surface area contributed by atoms with Gasteiger partial charge in [-0.05, 0) is 126 Å². The summed E-state index contributed by atoms with van der Waals surface area (Å²) in [5.41, 5.74) is 1.80. The average Bonchev–Trinajstić information content (AvgIpc) is 3.50. The van der Waals surface area contributed by atoms with Crippen molar-refractivity contribution in [3.05, 3.63) is 65.3 Å². The molecule has 1 N–H and O–H groups in total. The number of aryl methyl sites for hydroxylation is 1. The molecule has 59 heavy (non-hydrogen) atoms. The van der Waals surface area contributed by atoms with E-state index in [4.69, 9.17) is 27.3 Å². The van der Waals surface area contributed by atoms with E-state index in [2.05, 4.69) is 165 Å². The van der Waals surface area contributed by atoms with Gasteiger partial charge >= 0.3 is 5.97 Å². The van der Waals surface area contributed by atoms with Crippen LogP contribution in [0.4, 0.5) is 0 Å². The molecule has 0 amide bonds. The number of aliphatic carboxylic acids is 1. The van der Waals surface area contributed by atoms with E-state index < -0.39 is 39.2 Å². The van der Waals surface area contributed by atoms with Crippen LogP contribution in [0.5, 0.6) is 23.0 Å². The molecule has 13 heteroatoms. The van der Waals surface area contributed by atoms with E-state index in [-0.39, 0.29) is 20.2 Å². The zero-order chi connectivity index (χ0) is 45.6. The molecule has 3 rings (SSSR count). The topological polar surface area (TPSA) is 113 Å². The van der Waals surface area contributed by atoms with E-state index in [1.165, 1.54) is 0 Å². The van der Waals surface area contributed by atoms with Crippen molar-refractivity contribution in [3.63, 3.8) is 0 Å². The fraction of sp³-hybridized carbons (Fsp3) is 0.587. The fourth-order valence-corrected chi connectivity index (χ4v) is 8.37. The molecule has 0 bridgehead atoms. The molecular weight excluding hydrogens is 805 g/mol. The van der Waals surface area contributed by atoms with Gasteiger partial charge in [0, 0.05) is 18.6 Å². The highest BCUT2D eigenvalue weighted by atomic mass is 28.4. The van der Waals surface area contributed by atoms with Crippen LogP contribution in [0.25, 0.3) is 18.2 Å². The van der Waals surface area contributed by atoms with Crippen molar-refractivity contribution in [2.45, 2.75) is 175 Å². The number of nitrogens with zero attached hydrogens (tertiary/aromatic N) is 2. The lowest BCUT2D eigenvalue weighted by molar-refractivity contribution is -0.131. The van der Waals surface area contributed by atoms with E-state index in [1.807, 2.05) is 36.4 Å². The zero-order valence-electron chi connectivity index (χ0n) is 40.5. The number of carboxylic acids is 1. The van der Waals surface area contributed by atoms with E-state index >= 15 is 0 Å². The van der Waals surface area contributed by atoms with Crippen molar-refractivity contribution in [2.24, 2.45) is 0 Å². The number of hydrogen-bond acceptors (Lipinski definition) is 8. The Morgan fingerprint density at radius 2 is 0.949 bits per heavy atom. The van der Waals surface area contributed by atoms with Crippen LogP contribution in [0.1, 0.15) is 119 Å². The van der Waals surface area contributed by atoms with Crippen molar-refractivity contribution in [3.8, 4) is 23.0 Å². The second-order valence-electron chi connectivity index (χ2n) is 21.7. The van der Waals surface area contributed by atoms with Gasteiger partial charge in [0.05, 0.1) is 0 Å². The standard InChI is InChI=1S/C25H42N2O3Si2.C21H36O4Si2/c1-12-13-22-26-23(28-27-22)17-15-19-14-16-20(29-31(8,9)24(2,3)4)21(18-19)30-32(10,11)25(5,6)7;1-20(2,3)26(7,8)24-17-13-11-16(12-14-19(22)23)15-18(17)25-27(9,10)21(4,5)6/h14-18H,12-13H2,1-11H3;11-15H,1-10H3,(H,22,23). The maximum atomic E-state index is 10.9. The highest BCUT2D eigenvalue weighted by Crippen LogP contribution is 2.45. The lowest BCUT2D eigenvalue weighted by atomic mass is 10.2. The van der Waals surface area contributed by atoms with Gasteiger partial charge in [-0.25, -0.2) is 4.79 Å². The Morgan fingerprint density at radius 3 is 1.29 bits per heavy atom. The molecule has 1 aromatic heterocycles. The Hall–Kier alpha value is -3.40. The number of rotatable bonds is 14. The first-order valence-corrected chi connectivity index (χ1v) is 32.6. The molecule has 1 heterocycles. The minimum Gasteiger partial charge on any atom is -0.541 e. The smallest absolute Gasteiger partial charge is 0.328 e. The molecule has 3 aromatic rings. The molecule has 2 aromatic carbocycles. The lowest BCUT2D eigenvalue weighted by Gasteiger charge is -2.39. The summed E-state index contributed by atoms with van der Waals surface area (Å²) in [6, 6.07) is 11.8. The summed E-state index contributed by atoms with van der Waals surface area (Å²) in [5, 5.41) is 13.2. The Bertz CT molecular complexity index is 1920. The van der Waals surface area contributed by atoms with Crippen LogP contribution in [0.3, 0.4) is 0 Å². The second-order valence-corrected chi connectivity index (χ2v) is 40.6. The summed E-state index contributed by atoms with van der Waals surface area (Å²) in [6.45, 7) is 46.7. The highest BCUT2D eigenvalue weighted by Gasteiger charge is 2.43. The molecule has 0 spiro atoms. The minimum atomic E-state index is -2.07. The summed E-state index contributed by atoms with van der Waals surface area (Å²) in [7, 11) is -8.15. The van der Waals surface area contributed by atoms with Crippen molar-refractivity contribution in [1.82, 2.24) is 10.1 Å². The summed E-state index contributed by atoms with van der Waals surface area (Å²) in [5.74, 6) is 3.40. The van der Waals surface area contributed by atoms with E-state index in [0.29, 0.717) is 11.6 Å². The number of benzene rings is 2. The van der Waals surface area contributed by atoms with Gasteiger partial charge in [-0.3, -0.25) is 0 Å². The van der Waals surface area contributed by atoms with Crippen molar-refractivity contribution in [1.29, 1.82) is 0 Å². The van der Waals surface area contributed by atoms with Gasteiger partial charge < -0.3 is 27.3 Å². The number of carbonyl (C=O) groups is 1. The van der Waals surface area contributed by atoms with Gasteiger partial charge in [0.15, 0.2) is 5.82 Å². The second kappa shape index (κ2) is 19.1. The van der Waals surface area contributed by atoms with Gasteiger partial charge in [-0.15, -0.1) is 0 Å². The van der Waals surface area contributed by atoms with Gasteiger partial charge in [0.1, 0.15) is 23.0 Å². The monoisotopic (exact) mass is 882 g/mol. The molecule has 0 aliphatic rings. The molecule has 0 aliphatic carbocycles. The first-order chi connectivity index (χ1) is 26.5. The zero-order valence-corrected chi connectivity index (χ0v) is 44.5. The summed E-state index contributed by atoms with van der Waals surface area (Å²) >= 11 is 0. The Labute approximate surface area is 361 Å². The van der Waals surface area contributed by atoms with Crippen molar-refractivity contribution >= 4 is 57.5 Å². The van der Waals surface area contributed by atoms with E-state index in [1.54, 1.807) is 6.08 Å². The van der Waals surface area contributed by atoms with Crippen LogP contribution in [0.2, 0.25) is 72.5 Å². The van der Waals surface area contributed by atoms with E-state index in [9.17, 15) is 4.79 Å². The Kier molecular flexibility index (Phi) is 16.8. The highest BCUT2D eigenvalue weighted by molar-refractivity contribution is 6.76. The summed E-state index contributed by atoms with van der Waals surface area (Å²) in [4.78, 5) is 15.3. The molecule has 0 saturated carbocycles. The maximum absolute atomic E-state index is 10.9. The molecule has 0 aliphatic heterocycles. The Balaban J connectivity index is 0.000000413. The third-order valence-electron chi connectivity index (χ3n) is 12.4. The molecule has 0 fully saturated rings. The molecule has 0 saturated heterocycles. The number of hydrogen-bond donors (Lipinski definition) is 1. The fourth-order valence-electron chi connectivity index (χ4n) is 4.29.